The first kappa shape index (κ1) is 16.5. The van der Waals surface area contributed by atoms with Crippen LogP contribution in [0.3, 0.4) is 0 Å². The number of nitrogens with one attached hydrogen (secondary N) is 1. The summed E-state index contributed by atoms with van der Waals surface area (Å²) in [5.74, 6) is 1.40. The highest BCUT2D eigenvalue weighted by atomic mass is 32.2. The van der Waals surface area contributed by atoms with Gasteiger partial charge < -0.3 is 5.32 Å². The van der Waals surface area contributed by atoms with Gasteiger partial charge in [0.25, 0.3) is 5.91 Å². The Hall–Kier alpha value is -3.01. The Morgan fingerprint density at radius 3 is 3.00 bits per heavy atom. The van der Waals surface area contributed by atoms with Crippen LogP contribution in [0.5, 0.6) is 0 Å². The highest BCUT2D eigenvalue weighted by Crippen LogP contribution is 2.19. The van der Waals surface area contributed by atoms with Crippen LogP contribution in [-0.2, 0) is 0 Å². The number of carbonyl (C=O) groups excluding carboxylic acids is 1. The average Bonchev–Trinajstić information content (AvgIpc) is 3.31. The molecule has 0 saturated carbocycles. The van der Waals surface area contributed by atoms with Gasteiger partial charge in [-0.25, -0.2) is 4.52 Å². The second-order valence-electron chi connectivity index (χ2n) is 5.69. The molecular weight excluding hydrogens is 352 g/mol. The summed E-state index contributed by atoms with van der Waals surface area (Å²) in [5, 5.41) is 22.8. The minimum Gasteiger partial charge on any atom is -0.342 e. The highest BCUT2D eigenvalue weighted by Gasteiger charge is 2.21. The minimum atomic E-state index is -0.250. The number of tetrazole rings is 1. The van der Waals surface area contributed by atoms with Crippen LogP contribution in [0, 0.1) is 0 Å². The number of amides is 1. The van der Waals surface area contributed by atoms with Gasteiger partial charge in [0.2, 0.25) is 0 Å². The average molecular weight is 368 g/mol. The molecule has 0 fully saturated rings. The number of pyridine rings is 2. The second-order valence-corrected chi connectivity index (χ2v) is 6.68. The number of hydrogen-bond donors (Lipinski definition) is 1. The third-order valence-electron chi connectivity index (χ3n) is 4.03. The number of aromatic nitrogens is 7. The largest absolute Gasteiger partial charge is 0.342 e. The molecule has 0 aromatic carbocycles. The normalized spacial score (nSPS) is 12.5. The molecule has 0 unspecified atom stereocenters. The van der Waals surface area contributed by atoms with Crippen molar-refractivity contribution < 1.29 is 4.79 Å². The van der Waals surface area contributed by atoms with Crippen LogP contribution in [0.1, 0.15) is 28.6 Å². The summed E-state index contributed by atoms with van der Waals surface area (Å²) >= 11 is 1.72. The lowest BCUT2D eigenvalue weighted by Crippen LogP contribution is -2.30. The molecule has 0 saturated heterocycles. The third kappa shape index (κ3) is 3.10. The molecule has 0 radical (unpaired) electrons. The van der Waals surface area contributed by atoms with Gasteiger partial charge in [-0.3, -0.25) is 9.20 Å². The van der Waals surface area contributed by atoms with Crippen LogP contribution in [-0.4, -0.2) is 52.6 Å². The molecule has 4 aromatic rings. The summed E-state index contributed by atoms with van der Waals surface area (Å²) in [6.07, 6.45) is 6.34. The van der Waals surface area contributed by atoms with E-state index in [9.17, 15) is 4.79 Å². The molecule has 9 nitrogen and oxygen atoms in total. The quantitative estimate of drug-likeness (QED) is 0.548. The number of hydrogen-bond acceptors (Lipinski definition) is 7. The van der Waals surface area contributed by atoms with Crippen LogP contribution in [0.4, 0.5) is 0 Å². The topological polar surface area (TPSA) is 102 Å². The van der Waals surface area contributed by atoms with E-state index in [1.54, 1.807) is 30.1 Å². The van der Waals surface area contributed by atoms with E-state index in [0.29, 0.717) is 17.0 Å². The summed E-state index contributed by atoms with van der Waals surface area (Å²) in [7, 11) is 0. The first-order valence-corrected chi connectivity index (χ1v) is 9.43. The van der Waals surface area contributed by atoms with E-state index in [-0.39, 0.29) is 11.9 Å². The predicted octanol–water partition coefficient (Wildman–Crippen LogP) is 1.39. The molecule has 10 heteroatoms. The molecule has 4 aromatic heterocycles. The van der Waals surface area contributed by atoms with Gasteiger partial charge >= 0.3 is 0 Å². The van der Waals surface area contributed by atoms with Gasteiger partial charge in [0, 0.05) is 18.0 Å². The Labute approximate surface area is 152 Å². The predicted molar refractivity (Wildman–Crippen MR) is 97.0 cm³/mol. The highest BCUT2D eigenvalue weighted by molar-refractivity contribution is 7.98. The maximum Gasteiger partial charge on any atom is 0.252 e. The van der Waals surface area contributed by atoms with E-state index in [2.05, 4.69) is 31.0 Å². The van der Waals surface area contributed by atoms with Gasteiger partial charge in [-0.05, 0) is 53.1 Å². The van der Waals surface area contributed by atoms with E-state index in [1.807, 2.05) is 35.1 Å². The van der Waals surface area contributed by atoms with Gasteiger partial charge in [-0.2, -0.15) is 11.8 Å². The maximum atomic E-state index is 12.8. The Balaban J connectivity index is 1.63. The fourth-order valence-corrected chi connectivity index (χ4v) is 3.19. The van der Waals surface area contributed by atoms with Crippen LogP contribution >= 0.6 is 11.8 Å². The smallest absolute Gasteiger partial charge is 0.252 e. The van der Waals surface area contributed by atoms with E-state index < -0.39 is 0 Å². The Bertz CT molecular complexity index is 1060. The zero-order valence-electron chi connectivity index (χ0n) is 14.0. The first-order chi connectivity index (χ1) is 12.8. The van der Waals surface area contributed by atoms with Gasteiger partial charge in [0.05, 0.1) is 6.04 Å². The number of rotatable bonds is 6. The third-order valence-corrected chi connectivity index (χ3v) is 4.67. The number of carbonyl (C=O) groups is 1. The summed E-state index contributed by atoms with van der Waals surface area (Å²) < 4.78 is 3.41. The lowest BCUT2D eigenvalue weighted by molar-refractivity contribution is 0.0933. The summed E-state index contributed by atoms with van der Waals surface area (Å²) in [6, 6.07) is 8.80. The van der Waals surface area contributed by atoms with Crippen LogP contribution in [0.2, 0.25) is 0 Å². The molecule has 4 heterocycles. The van der Waals surface area contributed by atoms with Crippen LogP contribution in [0.25, 0.3) is 11.3 Å². The standard InChI is InChI=1S/C16H16N8OS/c1-26-9-6-12(15-20-18-13-4-2-3-7-23(13)15)17-16(25)11-5-8-24-14(10-11)19-21-22-24/h2-5,7-8,10,12H,6,9H2,1H3,(H,17,25)/t12-/m0/s1. The molecule has 0 aliphatic rings. The lowest BCUT2D eigenvalue weighted by Gasteiger charge is -2.17. The number of thioether (sulfide) groups is 1. The molecule has 4 rings (SSSR count). The molecule has 26 heavy (non-hydrogen) atoms. The van der Waals surface area contributed by atoms with Crippen molar-refractivity contribution in [2.24, 2.45) is 0 Å². The Morgan fingerprint density at radius 1 is 1.19 bits per heavy atom. The lowest BCUT2D eigenvalue weighted by atomic mass is 10.1. The van der Waals surface area contributed by atoms with Crippen molar-refractivity contribution in [3.63, 3.8) is 0 Å². The van der Waals surface area contributed by atoms with Gasteiger partial charge in [-0.15, -0.1) is 15.3 Å². The SMILES string of the molecule is CSCC[C@H](NC(=O)c1ccn2nnnc2c1)c1nnc2ccccn12. The molecule has 1 N–H and O–H groups in total. The summed E-state index contributed by atoms with van der Waals surface area (Å²) in [5.41, 5.74) is 1.77. The molecule has 1 atom stereocenters. The van der Waals surface area contributed by atoms with E-state index in [4.69, 9.17) is 0 Å². The number of fused-ring (bicyclic) bond motifs is 2. The van der Waals surface area contributed by atoms with Crippen molar-refractivity contribution in [2.75, 3.05) is 12.0 Å². The van der Waals surface area contributed by atoms with Gasteiger partial charge in [0.15, 0.2) is 17.1 Å². The zero-order valence-corrected chi connectivity index (χ0v) is 14.8. The van der Waals surface area contributed by atoms with E-state index >= 15 is 0 Å². The fraction of sp³-hybridized carbons (Fsp3) is 0.250. The van der Waals surface area contributed by atoms with Crippen molar-refractivity contribution in [1.82, 2.24) is 40.0 Å². The second kappa shape index (κ2) is 7.08. The van der Waals surface area contributed by atoms with Crippen LogP contribution in [0.15, 0.2) is 42.7 Å². The van der Waals surface area contributed by atoms with Gasteiger partial charge in [-0.1, -0.05) is 6.07 Å². The van der Waals surface area contributed by atoms with Crippen molar-refractivity contribution >= 4 is 29.0 Å². The van der Waals surface area contributed by atoms with Crippen molar-refractivity contribution in [1.29, 1.82) is 0 Å². The maximum absolute atomic E-state index is 12.8. The van der Waals surface area contributed by atoms with Crippen molar-refractivity contribution in [3.8, 4) is 0 Å². The first-order valence-electron chi connectivity index (χ1n) is 8.03. The molecule has 0 aliphatic carbocycles. The van der Waals surface area contributed by atoms with E-state index in [1.165, 1.54) is 4.52 Å². The van der Waals surface area contributed by atoms with Crippen molar-refractivity contribution in [3.05, 3.63) is 54.1 Å². The summed E-state index contributed by atoms with van der Waals surface area (Å²) in [6.45, 7) is 0. The summed E-state index contributed by atoms with van der Waals surface area (Å²) in [4.78, 5) is 12.8. The fourth-order valence-electron chi connectivity index (χ4n) is 2.72. The molecular formula is C16H16N8OS. The number of nitrogens with zero attached hydrogens (tertiary/aromatic N) is 7. The minimum absolute atomic E-state index is 0.200. The molecule has 1 amide bonds. The zero-order chi connectivity index (χ0) is 17.9. The van der Waals surface area contributed by atoms with Gasteiger partial charge in [0.1, 0.15) is 0 Å². The molecule has 0 aliphatic heterocycles. The Morgan fingerprint density at radius 2 is 2.12 bits per heavy atom. The monoisotopic (exact) mass is 368 g/mol. The van der Waals surface area contributed by atoms with Crippen molar-refractivity contribution in [2.45, 2.75) is 12.5 Å². The molecule has 0 spiro atoms. The van der Waals surface area contributed by atoms with Crippen LogP contribution < -0.4 is 5.32 Å². The molecule has 132 valence electrons. The molecule has 0 bridgehead atoms. The van der Waals surface area contributed by atoms with E-state index in [0.717, 1.165) is 17.8 Å². The Kier molecular flexibility index (Phi) is 4.48.